The van der Waals surface area contributed by atoms with Gasteiger partial charge in [0, 0.05) is 0 Å². The highest BCUT2D eigenvalue weighted by atomic mass is 32.2. The van der Waals surface area contributed by atoms with Crippen molar-refractivity contribution < 1.29 is 23.8 Å². The summed E-state index contributed by atoms with van der Waals surface area (Å²) >= 11 is 1.37. The fourth-order valence-corrected chi connectivity index (χ4v) is 4.05. The monoisotopic (exact) mass is 360 g/mol. The first kappa shape index (κ1) is 16.0. The van der Waals surface area contributed by atoms with E-state index in [4.69, 9.17) is 14.2 Å². The van der Waals surface area contributed by atoms with Gasteiger partial charge in [-0.1, -0.05) is 17.8 Å². The molecule has 1 saturated heterocycles. The molecule has 0 bridgehead atoms. The Morgan fingerprint density at radius 3 is 3.00 bits per heavy atom. The Hall–Kier alpha value is -2.48. The summed E-state index contributed by atoms with van der Waals surface area (Å²) in [6.45, 7) is 3.93. The number of amidine groups is 1. The van der Waals surface area contributed by atoms with E-state index in [2.05, 4.69) is 4.99 Å². The molecule has 1 aromatic rings. The summed E-state index contributed by atoms with van der Waals surface area (Å²) in [5.41, 5.74) is 1.70. The first-order valence-corrected chi connectivity index (χ1v) is 8.89. The standard InChI is InChI=1S/C17H16N2O5S/c1-3-22-16(21)14-9(2)18-17-19(13(20)7-25-17)15(14)10-4-5-11-12(6-10)24-8-23-11/h4-6,15H,3,7-8H2,1-2H3/t15-/m1/s1. The number of rotatable bonds is 3. The number of carbonyl (C=O) groups excluding carboxylic acids is 2. The number of amides is 1. The van der Waals surface area contributed by atoms with E-state index in [1.807, 2.05) is 6.07 Å². The van der Waals surface area contributed by atoms with Gasteiger partial charge >= 0.3 is 5.97 Å². The van der Waals surface area contributed by atoms with Crippen molar-refractivity contribution in [3.05, 3.63) is 35.0 Å². The van der Waals surface area contributed by atoms with Crippen molar-refractivity contribution in [1.82, 2.24) is 4.90 Å². The van der Waals surface area contributed by atoms with E-state index < -0.39 is 12.0 Å². The van der Waals surface area contributed by atoms with Crippen molar-refractivity contribution in [2.45, 2.75) is 19.9 Å². The van der Waals surface area contributed by atoms with Gasteiger partial charge in [-0.3, -0.25) is 9.69 Å². The van der Waals surface area contributed by atoms with Gasteiger partial charge < -0.3 is 14.2 Å². The summed E-state index contributed by atoms with van der Waals surface area (Å²) in [4.78, 5) is 31.0. The molecule has 0 aliphatic carbocycles. The number of benzene rings is 1. The van der Waals surface area contributed by atoms with Crippen molar-refractivity contribution in [3.63, 3.8) is 0 Å². The summed E-state index contributed by atoms with van der Waals surface area (Å²) in [6, 6.07) is 4.85. The van der Waals surface area contributed by atoms with E-state index in [1.54, 1.807) is 30.9 Å². The van der Waals surface area contributed by atoms with Crippen LogP contribution in [-0.2, 0) is 14.3 Å². The van der Waals surface area contributed by atoms with Crippen LogP contribution in [0.5, 0.6) is 11.5 Å². The zero-order chi connectivity index (χ0) is 17.6. The molecule has 0 N–H and O–H groups in total. The molecule has 8 heteroatoms. The molecule has 0 aromatic heterocycles. The maximum Gasteiger partial charge on any atom is 0.338 e. The van der Waals surface area contributed by atoms with Gasteiger partial charge in [0.05, 0.1) is 29.7 Å². The fraction of sp³-hybridized carbons (Fsp3) is 0.353. The Kier molecular flexibility index (Phi) is 3.91. The van der Waals surface area contributed by atoms with Gasteiger partial charge in [-0.05, 0) is 31.5 Å². The van der Waals surface area contributed by atoms with Crippen LogP contribution in [-0.4, -0.2) is 41.1 Å². The van der Waals surface area contributed by atoms with Gasteiger partial charge in [0.15, 0.2) is 16.7 Å². The molecule has 1 atom stereocenters. The SMILES string of the molecule is CCOC(=O)C1=C(C)N=C2SCC(=O)N2[C@@H]1c1ccc2c(c1)OCO2. The van der Waals surface area contributed by atoms with E-state index in [0.29, 0.717) is 33.7 Å². The first-order valence-electron chi connectivity index (χ1n) is 7.91. The van der Waals surface area contributed by atoms with Crippen molar-refractivity contribution in [3.8, 4) is 11.5 Å². The molecule has 1 amide bonds. The van der Waals surface area contributed by atoms with Gasteiger partial charge in [0.1, 0.15) is 0 Å². The van der Waals surface area contributed by atoms with Crippen LogP contribution in [0.3, 0.4) is 0 Å². The van der Waals surface area contributed by atoms with Crippen molar-refractivity contribution in [2.75, 3.05) is 19.2 Å². The third-order valence-corrected chi connectivity index (χ3v) is 5.13. The minimum absolute atomic E-state index is 0.0827. The molecule has 3 aliphatic heterocycles. The smallest absolute Gasteiger partial charge is 0.338 e. The highest BCUT2D eigenvalue weighted by Crippen LogP contribution is 2.43. The van der Waals surface area contributed by atoms with Crippen LogP contribution in [0.2, 0.25) is 0 Å². The number of hydrogen-bond acceptors (Lipinski definition) is 7. The molecule has 1 fully saturated rings. The van der Waals surface area contributed by atoms with Crippen LogP contribution in [0.15, 0.2) is 34.5 Å². The lowest BCUT2D eigenvalue weighted by molar-refractivity contribution is -0.139. The molecule has 25 heavy (non-hydrogen) atoms. The third kappa shape index (κ3) is 2.57. The Morgan fingerprint density at radius 1 is 1.40 bits per heavy atom. The Balaban J connectivity index is 1.84. The number of aliphatic imine (C=N–C) groups is 1. The molecule has 1 aromatic carbocycles. The minimum Gasteiger partial charge on any atom is -0.463 e. The Bertz CT molecular complexity index is 832. The van der Waals surface area contributed by atoms with E-state index >= 15 is 0 Å². The summed E-state index contributed by atoms with van der Waals surface area (Å²) in [5.74, 6) is 1.01. The molecule has 4 rings (SSSR count). The largest absolute Gasteiger partial charge is 0.463 e. The van der Waals surface area contributed by atoms with E-state index in [9.17, 15) is 9.59 Å². The van der Waals surface area contributed by atoms with E-state index in [0.717, 1.165) is 5.56 Å². The molecule has 0 radical (unpaired) electrons. The number of carbonyl (C=O) groups is 2. The number of allylic oxidation sites excluding steroid dienone is 1. The second kappa shape index (κ2) is 6.11. The van der Waals surface area contributed by atoms with Gasteiger partial charge in [-0.2, -0.15) is 0 Å². The second-order valence-corrected chi connectivity index (χ2v) is 6.62. The second-order valence-electron chi connectivity index (χ2n) is 5.68. The van der Waals surface area contributed by atoms with Gasteiger partial charge in [0.25, 0.3) is 0 Å². The van der Waals surface area contributed by atoms with Crippen molar-refractivity contribution >= 4 is 28.8 Å². The molecule has 3 aliphatic rings. The highest BCUT2D eigenvalue weighted by molar-refractivity contribution is 8.15. The van der Waals surface area contributed by atoms with Gasteiger partial charge in [0.2, 0.25) is 12.7 Å². The molecule has 130 valence electrons. The summed E-state index contributed by atoms with van der Waals surface area (Å²) in [7, 11) is 0. The van der Waals surface area contributed by atoms with Crippen LogP contribution in [0.25, 0.3) is 0 Å². The Morgan fingerprint density at radius 2 is 2.20 bits per heavy atom. The number of hydrogen-bond donors (Lipinski definition) is 0. The zero-order valence-electron chi connectivity index (χ0n) is 13.8. The number of fused-ring (bicyclic) bond motifs is 2. The van der Waals surface area contributed by atoms with Crippen LogP contribution in [0.1, 0.15) is 25.5 Å². The quantitative estimate of drug-likeness (QED) is 0.770. The van der Waals surface area contributed by atoms with E-state index in [1.165, 1.54) is 11.8 Å². The fourth-order valence-electron chi connectivity index (χ4n) is 3.11. The van der Waals surface area contributed by atoms with Gasteiger partial charge in [-0.25, -0.2) is 9.79 Å². The molecular weight excluding hydrogens is 344 g/mol. The average molecular weight is 360 g/mol. The molecular formula is C17H16N2O5S. The van der Waals surface area contributed by atoms with Crippen LogP contribution >= 0.6 is 11.8 Å². The average Bonchev–Trinajstić information content (AvgIpc) is 3.20. The molecule has 7 nitrogen and oxygen atoms in total. The third-order valence-electron chi connectivity index (χ3n) is 4.19. The molecule has 0 saturated carbocycles. The molecule has 0 spiro atoms. The maximum atomic E-state index is 12.6. The minimum atomic E-state index is -0.580. The lowest BCUT2D eigenvalue weighted by Crippen LogP contribution is -2.39. The molecule has 3 heterocycles. The predicted octanol–water partition coefficient (Wildman–Crippen LogP) is 2.24. The van der Waals surface area contributed by atoms with Crippen molar-refractivity contribution in [1.29, 1.82) is 0 Å². The lowest BCUT2D eigenvalue weighted by Gasteiger charge is -2.32. The Labute approximate surface area is 148 Å². The number of thioether (sulfide) groups is 1. The van der Waals surface area contributed by atoms with E-state index in [-0.39, 0.29) is 19.3 Å². The zero-order valence-corrected chi connectivity index (χ0v) is 14.6. The number of ether oxygens (including phenoxy) is 3. The highest BCUT2D eigenvalue weighted by Gasteiger charge is 2.43. The predicted molar refractivity (Wildman–Crippen MR) is 91.4 cm³/mol. The number of esters is 1. The maximum absolute atomic E-state index is 12.6. The number of nitrogens with zero attached hydrogens (tertiary/aromatic N) is 2. The van der Waals surface area contributed by atoms with Crippen LogP contribution in [0, 0.1) is 0 Å². The summed E-state index contributed by atoms with van der Waals surface area (Å²) in [6.07, 6.45) is 0. The summed E-state index contributed by atoms with van der Waals surface area (Å²) in [5, 5.41) is 0.609. The summed E-state index contributed by atoms with van der Waals surface area (Å²) < 4.78 is 16.0. The van der Waals surface area contributed by atoms with Crippen LogP contribution in [0.4, 0.5) is 0 Å². The van der Waals surface area contributed by atoms with Crippen molar-refractivity contribution in [2.24, 2.45) is 4.99 Å². The normalized spacial score (nSPS) is 21.4. The first-order chi connectivity index (χ1) is 12.1. The van der Waals surface area contributed by atoms with Gasteiger partial charge in [-0.15, -0.1) is 0 Å². The molecule has 0 unspecified atom stereocenters. The topological polar surface area (TPSA) is 77.4 Å². The lowest BCUT2D eigenvalue weighted by atomic mass is 9.94. The van der Waals surface area contributed by atoms with Crippen LogP contribution < -0.4 is 9.47 Å².